The average Bonchev–Trinajstić information content (AvgIpc) is 2.42. The lowest BCUT2D eigenvalue weighted by Crippen LogP contribution is -2.33. The highest BCUT2D eigenvalue weighted by Gasteiger charge is 2.11. The molecule has 6 nitrogen and oxygen atoms in total. The van der Waals surface area contributed by atoms with Crippen LogP contribution in [0.25, 0.3) is 0 Å². The van der Waals surface area contributed by atoms with E-state index in [4.69, 9.17) is 14.6 Å². The molecule has 0 unspecified atom stereocenters. The molecule has 0 saturated carbocycles. The van der Waals surface area contributed by atoms with E-state index >= 15 is 0 Å². The van der Waals surface area contributed by atoms with Gasteiger partial charge in [0.1, 0.15) is 11.5 Å². The normalized spacial score (nSPS) is 9.95. The number of rotatable bonds is 7. The summed E-state index contributed by atoms with van der Waals surface area (Å²) in [6, 6.07) is 5.27. The van der Waals surface area contributed by atoms with Crippen molar-refractivity contribution in [2.75, 3.05) is 27.3 Å². The minimum absolute atomic E-state index is 0.0795. The Bertz CT molecular complexity index is 486. The first-order valence-corrected chi connectivity index (χ1v) is 6.17. The summed E-state index contributed by atoms with van der Waals surface area (Å²) in [7, 11) is 3.14. The summed E-state index contributed by atoms with van der Waals surface area (Å²) in [5.41, 5.74) is 0.914. The third-order valence-corrected chi connectivity index (χ3v) is 2.82. The second kappa shape index (κ2) is 7.37. The third kappa shape index (κ3) is 4.79. The highest BCUT2D eigenvalue weighted by molar-refractivity contribution is 5.78. The Morgan fingerprint density at radius 1 is 1.35 bits per heavy atom. The van der Waals surface area contributed by atoms with E-state index in [0.717, 1.165) is 11.3 Å². The molecule has 0 aromatic heterocycles. The van der Waals surface area contributed by atoms with Crippen LogP contribution >= 0.6 is 0 Å². The summed E-state index contributed by atoms with van der Waals surface area (Å²) in [6.07, 6.45) is -0.0795. The van der Waals surface area contributed by atoms with E-state index in [1.54, 1.807) is 32.4 Å². The summed E-state index contributed by atoms with van der Waals surface area (Å²) in [4.78, 5) is 23.5. The molecule has 6 heteroatoms. The first kappa shape index (κ1) is 15.8. The molecule has 0 spiro atoms. The Labute approximate surface area is 117 Å². The zero-order valence-corrected chi connectivity index (χ0v) is 11.9. The summed E-state index contributed by atoms with van der Waals surface area (Å²) < 4.78 is 10.5. The van der Waals surface area contributed by atoms with Crippen molar-refractivity contribution in [1.82, 2.24) is 4.90 Å². The van der Waals surface area contributed by atoms with Crippen LogP contribution < -0.4 is 9.47 Å². The van der Waals surface area contributed by atoms with Gasteiger partial charge in [0.2, 0.25) is 0 Å². The second-order valence-electron chi connectivity index (χ2n) is 4.38. The van der Waals surface area contributed by atoms with Gasteiger partial charge in [-0.15, -0.1) is 0 Å². The predicted octanol–water partition coefficient (Wildman–Crippen LogP) is 1.32. The van der Waals surface area contributed by atoms with Crippen molar-refractivity contribution in [3.8, 4) is 11.5 Å². The van der Waals surface area contributed by atoms with Gasteiger partial charge in [0.25, 0.3) is 5.91 Å². The molecule has 1 aromatic carbocycles. The van der Waals surface area contributed by atoms with Gasteiger partial charge in [-0.05, 0) is 30.7 Å². The highest BCUT2D eigenvalue weighted by Crippen LogP contribution is 2.22. The maximum atomic E-state index is 11.7. The summed E-state index contributed by atoms with van der Waals surface area (Å²) in [5.74, 6) is 0.126. The van der Waals surface area contributed by atoms with E-state index < -0.39 is 5.97 Å². The Kier molecular flexibility index (Phi) is 5.83. The maximum Gasteiger partial charge on any atom is 0.305 e. The summed E-state index contributed by atoms with van der Waals surface area (Å²) >= 11 is 0. The summed E-state index contributed by atoms with van der Waals surface area (Å²) in [6.45, 7) is 1.92. The zero-order chi connectivity index (χ0) is 15.1. The standard InChI is InChI=1S/C14H19NO5/c1-10-8-11(4-5-12(10)19-3)20-9-13(16)15(2)7-6-14(17)18/h4-5,8H,6-7,9H2,1-3H3,(H,17,18). The Hall–Kier alpha value is -2.24. The SMILES string of the molecule is COc1ccc(OCC(=O)N(C)CCC(=O)O)cc1C. The van der Waals surface area contributed by atoms with E-state index in [0.29, 0.717) is 5.75 Å². The van der Waals surface area contributed by atoms with Crippen molar-refractivity contribution < 1.29 is 24.2 Å². The van der Waals surface area contributed by atoms with Gasteiger partial charge in [0, 0.05) is 13.6 Å². The first-order valence-electron chi connectivity index (χ1n) is 6.17. The number of carbonyl (C=O) groups excluding carboxylic acids is 1. The Balaban J connectivity index is 2.48. The van der Waals surface area contributed by atoms with Crippen LogP contribution in [0.4, 0.5) is 0 Å². The van der Waals surface area contributed by atoms with Crippen molar-refractivity contribution in [2.45, 2.75) is 13.3 Å². The molecule has 0 saturated heterocycles. The van der Waals surface area contributed by atoms with Crippen molar-refractivity contribution in [1.29, 1.82) is 0 Å². The predicted molar refractivity (Wildman–Crippen MR) is 73.1 cm³/mol. The van der Waals surface area contributed by atoms with Crippen LogP contribution in [0.5, 0.6) is 11.5 Å². The Morgan fingerprint density at radius 2 is 2.05 bits per heavy atom. The van der Waals surface area contributed by atoms with Crippen LogP contribution in [-0.2, 0) is 9.59 Å². The minimum Gasteiger partial charge on any atom is -0.496 e. The van der Waals surface area contributed by atoms with Crippen molar-refractivity contribution >= 4 is 11.9 Å². The number of ether oxygens (including phenoxy) is 2. The van der Waals surface area contributed by atoms with E-state index in [-0.39, 0.29) is 25.5 Å². The number of aliphatic carboxylic acids is 1. The van der Waals surface area contributed by atoms with Gasteiger partial charge >= 0.3 is 5.97 Å². The second-order valence-corrected chi connectivity index (χ2v) is 4.38. The number of carboxylic acids is 1. The molecule has 1 rings (SSSR count). The Morgan fingerprint density at radius 3 is 2.60 bits per heavy atom. The number of benzene rings is 1. The monoisotopic (exact) mass is 281 g/mol. The number of amides is 1. The van der Waals surface area contributed by atoms with Crippen LogP contribution in [0.3, 0.4) is 0 Å². The van der Waals surface area contributed by atoms with Crippen molar-refractivity contribution in [3.05, 3.63) is 23.8 Å². The minimum atomic E-state index is -0.934. The lowest BCUT2D eigenvalue weighted by Gasteiger charge is -2.16. The molecular formula is C14H19NO5. The fraction of sp³-hybridized carbons (Fsp3) is 0.429. The molecule has 1 aromatic rings. The molecule has 110 valence electrons. The van der Waals surface area contributed by atoms with Crippen LogP contribution in [0.1, 0.15) is 12.0 Å². The van der Waals surface area contributed by atoms with Gasteiger partial charge in [-0.3, -0.25) is 9.59 Å². The number of hydrogen-bond donors (Lipinski definition) is 1. The van der Waals surface area contributed by atoms with Gasteiger partial charge in [0.15, 0.2) is 6.61 Å². The zero-order valence-electron chi connectivity index (χ0n) is 11.9. The van der Waals surface area contributed by atoms with Crippen LogP contribution in [0.15, 0.2) is 18.2 Å². The molecule has 1 amide bonds. The van der Waals surface area contributed by atoms with Crippen molar-refractivity contribution in [3.63, 3.8) is 0 Å². The third-order valence-electron chi connectivity index (χ3n) is 2.82. The largest absolute Gasteiger partial charge is 0.496 e. The number of methoxy groups -OCH3 is 1. The average molecular weight is 281 g/mol. The van der Waals surface area contributed by atoms with E-state index in [2.05, 4.69) is 0 Å². The van der Waals surface area contributed by atoms with Gasteiger partial charge in [-0.1, -0.05) is 0 Å². The van der Waals surface area contributed by atoms with Gasteiger partial charge in [-0.2, -0.15) is 0 Å². The van der Waals surface area contributed by atoms with Crippen LogP contribution in [0, 0.1) is 6.92 Å². The number of carboxylic acid groups (broad SMARTS) is 1. The topological polar surface area (TPSA) is 76.1 Å². The quantitative estimate of drug-likeness (QED) is 0.815. The smallest absolute Gasteiger partial charge is 0.305 e. The maximum absolute atomic E-state index is 11.7. The molecule has 0 heterocycles. The first-order chi connectivity index (χ1) is 9.43. The van der Waals surface area contributed by atoms with E-state index in [1.165, 1.54) is 4.90 Å². The van der Waals surface area contributed by atoms with E-state index in [1.807, 2.05) is 6.92 Å². The fourth-order valence-electron chi connectivity index (χ4n) is 1.58. The molecule has 0 radical (unpaired) electrons. The molecular weight excluding hydrogens is 262 g/mol. The van der Waals surface area contributed by atoms with Gasteiger partial charge < -0.3 is 19.5 Å². The highest BCUT2D eigenvalue weighted by atomic mass is 16.5. The number of carbonyl (C=O) groups is 2. The number of hydrogen-bond acceptors (Lipinski definition) is 4. The lowest BCUT2D eigenvalue weighted by molar-refractivity contribution is -0.138. The van der Waals surface area contributed by atoms with Gasteiger partial charge in [-0.25, -0.2) is 0 Å². The number of nitrogens with zero attached hydrogens (tertiary/aromatic N) is 1. The number of likely N-dealkylation sites (N-methyl/N-ethyl adjacent to an activating group) is 1. The molecule has 20 heavy (non-hydrogen) atoms. The molecule has 0 aliphatic heterocycles. The van der Waals surface area contributed by atoms with Crippen LogP contribution in [-0.4, -0.2) is 49.2 Å². The molecule has 0 bridgehead atoms. The van der Waals surface area contributed by atoms with Gasteiger partial charge in [0.05, 0.1) is 13.5 Å². The lowest BCUT2D eigenvalue weighted by atomic mass is 10.2. The number of aryl methyl sites for hydroxylation is 1. The molecule has 0 aliphatic rings. The van der Waals surface area contributed by atoms with Crippen molar-refractivity contribution in [2.24, 2.45) is 0 Å². The molecule has 0 fully saturated rings. The molecule has 0 aliphatic carbocycles. The molecule has 1 N–H and O–H groups in total. The summed E-state index contributed by atoms with van der Waals surface area (Å²) in [5, 5.41) is 8.55. The molecule has 0 atom stereocenters. The van der Waals surface area contributed by atoms with E-state index in [9.17, 15) is 9.59 Å². The van der Waals surface area contributed by atoms with Crippen LogP contribution in [0.2, 0.25) is 0 Å². The fourth-order valence-corrected chi connectivity index (χ4v) is 1.58.